The number of sulfonamides is 1. The number of fused-ring (bicyclic) bond motifs is 1. The minimum Gasteiger partial charge on any atom is -0.377 e. The molecule has 2 aromatic rings. The van der Waals surface area contributed by atoms with Crippen LogP contribution in [0.4, 0.5) is 11.6 Å². The van der Waals surface area contributed by atoms with Crippen LogP contribution in [0, 0.1) is 0 Å². The summed E-state index contributed by atoms with van der Waals surface area (Å²) in [5.41, 5.74) is 0.741. The standard InChI is InChI=1S/C14H18ClN5O3S/c1-10-9-23-7-6-18(10)13-11-3-4-12(20(11)17-14(15)16-13)19-5-2-8-24(19,21)22/h3-4,10H,2,5-9H2,1H3/t10-/m1/s1. The van der Waals surface area contributed by atoms with Crippen LogP contribution in [0.1, 0.15) is 13.3 Å². The third-order valence-corrected chi connectivity index (χ3v) is 6.45. The topological polar surface area (TPSA) is 80.0 Å². The maximum Gasteiger partial charge on any atom is 0.243 e. The summed E-state index contributed by atoms with van der Waals surface area (Å²) in [6.45, 7) is 4.44. The largest absolute Gasteiger partial charge is 0.377 e. The molecule has 2 aliphatic rings. The van der Waals surface area contributed by atoms with Gasteiger partial charge in [-0.05, 0) is 37.1 Å². The zero-order valence-corrected chi connectivity index (χ0v) is 14.8. The molecule has 0 amide bonds. The van der Waals surface area contributed by atoms with Gasteiger partial charge in [0.2, 0.25) is 15.3 Å². The molecule has 2 aliphatic heterocycles. The van der Waals surface area contributed by atoms with Crippen molar-refractivity contribution < 1.29 is 13.2 Å². The molecule has 0 saturated carbocycles. The van der Waals surface area contributed by atoms with Gasteiger partial charge in [0.05, 0.1) is 25.0 Å². The molecule has 0 spiro atoms. The molecule has 0 radical (unpaired) electrons. The van der Waals surface area contributed by atoms with Crippen LogP contribution in [0.15, 0.2) is 12.1 Å². The molecule has 24 heavy (non-hydrogen) atoms. The van der Waals surface area contributed by atoms with E-state index < -0.39 is 10.0 Å². The molecule has 130 valence electrons. The Morgan fingerprint density at radius 3 is 2.88 bits per heavy atom. The molecule has 8 nitrogen and oxygen atoms in total. The molecular formula is C14H18ClN5O3S. The normalized spacial score (nSPS) is 24.0. The second-order valence-electron chi connectivity index (χ2n) is 6.05. The number of rotatable bonds is 2. The summed E-state index contributed by atoms with van der Waals surface area (Å²) >= 11 is 6.13. The molecule has 0 unspecified atom stereocenters. The van der Waals surface area contributed by atoms with E-state index in [-0.39, 0.29) is 17.1 Å². The first kappa shape index (κ1) is 15.9. The van der Waals surface area contributed by atoms with Crippen LogP contribution in [0.25, 0.3) is 5.52 Å². The fourth-order valence-corrected chi connectivity index (χ4v) is 4.98. The monoisotopic (exact) mass is 371 g/mol. The van der Waals surface area contributed by atoms with Crippen LogP contribution >= 0.6 is 11.6 Å². The zero-order valence-electron chi connectivity index (χ0n) is 13.2. The van der Waals surface area contributed by atoms with E-state index in [4.69, 9.17) is 16.3 Å². The maximum atomic E-state index is 12.2. The van der Waals surface area contributed by atoms with Crippen molar-refractivity contribution in [2.75, 3.05) is 41.3 Å². The van der Waals surface area contributed by atoms with Crippen LogP contribution in [0.2, 0.25) is 5.28 Å². The number of ether oxygens (including phenoxy) is 1. The van der Waals surface area contributed by atoms with Crippen molar-refractivity contribution in [1.29, 1.82) is 0 Å². The molecule has 0 aliphatic carbocycles. The lowest BCUT2D eigenvalue weighted by atomic mass is 10.2. The van der Waals surface area contributed by atoms with Crippen molar-refractivity contribution in [1.82, 2.24) is 14.6 Å². The SMILES string of the molecule is C[C@@H]1COCCN1c1nc(Cl)nn2c(N3CCCS3(=O)=O)ccc12. The molecular weight excluding hydrogens is 354 g/mol. The van der Waals surface area contributed by atoms with Gasteiger partial charge >= 0.3 is 0 Å². The fourth-order valence-electron chi connectivity index (χ4n) is 3.28. The third kappa shape index (κ3) is 2.51. The molecule has 4 heterocycles. The first-order chi connectivity index (χ1) is 11.5. The van der Waals surface area contributed by atoms with Gasteiger partial charge in [-0.15, -0.1) is 5.10 Å². The highest BCUT2D eigenvalue weighted by Gasteiger charge is 2.32. The lowest BCUT2D eigenvalue weighted by Gasteiger charge is -2.34. The molecule has 4 rings (SSSR count). The summed E-state index contributed by atoms with van der Waals surface area (Å²) in [6, 6.07) is 3.76. The smallest absolute Gasteiger partial charge is 0.243 e. The van der Waals surface area contributed by atoms with Gasteiger partial charge in [-0.2, -0.15) is 4.98 Å². The highest BCUT2D eigenvalue weighted by atomic mass is 35.5. The van der Waals surface area contributed by atoms with Crippen molar-refractivity contribution in [3.63, 3.8) is 0 Å². The Kier molecular flexibility index (Phi) is 3.81. The Hall–Kier alpha value is -1.58. The van der Waals surface area contributed by atoms with E-state index in [1.807, 2.05) is 6.07 Å². The van der Waals surface area contributed by atoms with E-state index in [1.165, 1.54) is 4.31 Å². The number of halogens is 1. The maximum absolute atomic E-state index is 12.2. The molecule has 1 atom stereocenters. The van der Waals surface area contributed by atoms with Gasteiger partial charge < -0.3 is 9.64 Å². The molecule has 10 heteroatoms. The van der Waals surface area contributed by atoms with E-state index in [0.29, 0.717) is 44.4 Å². The highest BCUT2D eigenvalue weighted by molar-refractivity contribution is 7.93. The number of morpholine rings is 1. The summed E-state index contributed by atoms with van der Waals surface area (Å²) in [6.07, 6.45) is 0.613. The van der Waals surface area contributed by atoms with Crippen LogP contribution in [0.3, 0.4) is 0 Å². The third-order valence-electron chi connectivity index (χ3n) is 4.44. The van der Waals surface area contributed by atoms with Gasteiger partial charge in [0.1, 0.15) is 11.3 Å². The predicted molar refractivity (Wildman–Crippen MR) is 91.4 cm³/mol. The van der Waals surface area contributed by atoms with Crippen LogP contribution in [-0.2, 0) is 14.8 Å². The first-order valence-electron chi connectivity index (χ1n) is 7.87. The molecule has 0 N–H and O–H groups in total. The van der Waals surface area contributed by atoms with E-state index in [1.54, 1.807) is 10.6 Å². The lowest BCUT2D eigenvalue weighted by molar-refractivity contribution is 0.0986. The molecule has 2 fully saturated rings. The van der Waals surface area contributed by atoms with Crippen molar-refractivity contribution in [3.05, 3.63) is 17.4 Å². The van der Waals surface area contributed by atoms with E-state index in [9.17, 15) is 8.42 Å². The Morgan fingerprint density at radius 2 is 2.17 bits per heavy atom. The minimum atomic E-state index is -3.29. The molecule has 0 aromatic carbocycles. The van der Waals surface area contributed by atoms with Gasteiger partial charge in [0.15, 0.2) is 5.82 Å². The predicted octanol–water partition coefficient (Wildman–Crippen LogP) is 1.15. The van der Waals surface area contributed by atoms with Gasteiger partial charge in [0, 0.05) is 13.1 Å². The lowest BCUT2D eigenvalue weighted by Crippen LogP contribution is -2.44. The summed E-state index contributed by atoms with van der Waals surface area (Å²) in [5, 5.41) is 4.32. The fraction of sp³-hybridized carbons (Fsp3) is 0.571. The van der Waals surface area contributed by atoms with Gasteiger partial charge in [0.25, 0.3) is 0 Å². The molecule has 2 aromatic heterocycles. The van der Waals surface area contributed by atoms with Gasteiger partial charge in [-0.3, -0.25) is 4.31 Å². The number of anilines is 2. The van der Waals surface area contributed by atoms with E-state index >= 15 is 0 Å². The highest BCUT2D eigenvalue weighted by Crippen LogP contribution is 2.31. The summed E-state index contributed by atoms with van der Waals surface area (Å²) in [5.74, 6) is 1.37. The average molecular weight is 372 g/mol. The van der Waals surface area contributed by atoms with Crippen LogP contribution in [-0.4, -0.2) is 61.1 Å². The Bertz CT molecular complexity index is 884. The number of nitrogens with zero attached hydrogens (tertiary/aromatic N) is 5. The molecule has 0 bridgehead atoms. The Balaban J connectivity index is 1.86. The average Bonchev–Trinajstić information content (AvgIpc) is 3.09. The van der Waals surface area contributed by atoms with Crippen molar-refractivity contribution >= 4 is 38.8 Å². The number of aromatic nitrogens is 3. The Labute approximate surface area is 145 Å². The minimum absolute atomic E-state index is 0.0882. The zero-order chi connectivity index (χ0) is 16.9. The van der Waals surface area contributed by atoms with Crippen molar-refractivity contribution in [2.45, 2.75) is 19.4 Å². The summed E-state index contributed by atoms with van der Waals surface area (Å²) < 4.78 is 32.9. The van der Waals surface area contributed by atoms with Crippen LogP contribution in [0.5, 0.6) is 0 Å². The first-order valence-corrected chi connectivity index (χ1v) is 9.86. The van der Waals surface area contributed by atoms with Crippen molar-refractivity contribution in [2.24, 2.45) is 0 Å². The second kappa shape index (κ2) is 5.75. The van der Waals surface area contributed by atoms with E-state index in [2.05, 4.69) is 21.9 Å². The quantitative estimate of drug-likeness (QED) is 0.787. The van der Waals surface area contributed by atoms with Crippen molar-refractivity contribution in [3.8, 4) is 0 Å². The summed E-state index contributed by atoms with van der Waals surface area (Å²) in [7, 11) is -3.29. The number of hydrogen-bond donors (Lipinski definition) is 0. The van der Waals surface area contributed by atoms with Crippen LogP contribution < -0.4 is 9.21 Å². The summed E-state index contributed by atoms with van der Waals surface area (Å²) in [4.78, 5) is 6.51. The molecule has 2 saturated heterocycles. The Morgan fingerprint density at radius 1 is 1.33 bits per heavy atom. The second-order valence-corrected chi connectivity index (χ2v) is 8.40. The van der Waals surface area contributed by atoms with E-state index in [0.717, 1.165) is 5.52 Å². The number of hydrogen-bond acceptors (Lipinski definition) is 6. The van der Waals surface area contributed by atoms with Gasteiger partial charge in [-0.1, -0.05) is 0 Å². The van der Waals surface area contributed by atoms with Gasteiger partial charge in [-0.25, -0.2) is 12.9 Å².